The predicted octanol–water partition coefficient (Wildman–Crippen LogP) is 4.70. The van der Waals surface area contributed by atoms with Gasteiger partial charge in [0.05, 0.1) is 11.6 Å². The van der Waals surface area contributed by atoms with Crippen LogP contribution >= 0.6 is 0 Å². The number of pyridine rings is 1. The SMILES string of the molecule is O=C(COC(=O)/C=C/c1cccc2cccnc12)NC(c1ccccc1)c1ccccc1. The van der Waals surface area contributed by atoms with E-state index < -0.39 is 5.97 Å². The molecule has 1 amide bonds. The van der Waals surface area contributed by atoms with E-state index >= 15 is 0 Å². The van der Waals surface area contributed by atoms with Crippen LogP contribution in [0.4, 0.5) is 0 Å². The number of benzene rings is 3. The Morgan fingerprint density at radius 1 is 0.844 bits per heavy atom. The molecule has 1 heterocycles. The molecule has 0 aliphatic rings. The molecule has 1 N–H and O–H groups in total. The van der Waals surface area contributed by atoms with Crippen LogP contribution < -0.4 is 5.32 Å². The van der Waals surface area contributed by atoms with Crippen molar-refractivity contribution in [2.45, 2.75) is 6.04 Å². The van der Waals surface area contributed by atoms with Crippen LogP contribution in [0.3, 0.4) is 0 Å². The standard InChI is InChI=1S/C27H22N2O3/c30-24(29-27(21-9-3-1-4-10-21)22-11-5-2-6-12-22)19-32-25(31)17-16-23-14-7-13-20-15-8-18-28-26(20)23/h1-18,27H,19H2,(H,29,30)/b17-16+. The fourth-order valence-corrected chi connectivity index (χ4v) is 3.46. The third kappa shape index (κ3) is 5.26. The van der Waals surface area contributed by atoms with Crippen LogP contribution in [0.2, 0.25) is 0 Å². The Balaban J connectivity index is 1.39. The first-order valence-electron chi connectivity index (χ1n) is 10.3. The zero-order valence-electron chi connectivity index (χ0n) is 17.3. The lowest BCUT2D eigenvalue weighted by Gasteiger charge is -2.19. The van der Waals surface area contributed by atoms with Crippen LogP contribution in [0.25, 0.3) is 17.0 Å². The van der Waals surface area contributed by atoms with Crippen molar-refractivity contribution in [1.29, 1.82) is 0 Å². The summed E-state index contributed by atoms with van der Waals surface area (Å²) in [5.74, 6) is -0.972. The molecule has 0 unspecified atom stereocenters. The average Bonchev–Trinajstić information content (AvgIpc) is 2.85. The van der Waals surface area contributed by atoms with Crippen molar-refractivity contribution in [1.82, 2.24) is 10.3 Å². The summed E-state index contributed by atoms with van der Waals surface area (Å²) in [6.45, 7) is -0.368. The molecular formula is C27H22N2O3. The second-order valence-corrected chi connectivity index (χ2v) is 7.19. The van der Waals surface area contributed by atoms with Gasteiger partial charge < -0.3 is 10.1 Å². The molecule has 0 radical (unpaired) electrons. The minimum Gasteiger partial charge on any atom is -0.452 e. The number of ether oxygens (including phenoxy) is 1. The average molecular weight is 422 g/mol. The van der Waals surface area contributed by atoms with Gasteiger partial charge in [-0.1, -0.05) is 84.9 Å². The minimum atomic E-state index is -0.593. The zero-order chi connectivity index (χ0) is 22.2. The van der Waals surface area contributed by atoms with Gasteiger partial charge in [0.1, 0.15) is 0 Å². The van der Waals surface area contributed by atoms with E-state index in [1.165, 1.54) is 6.08 Å². The van der Waals surface area contributed by atoms with Crippen molar-refractivity contribution in [3.8, 4) is 0 Å². The second kappa shape index (κ2) is 10.2. The molecular weight excluding hydrogens is 400 g/mol. The molecule has 5 nitrogen and oxygen atoms in total. The number of hydrogen-bond acceptors (Lipinski definition) is 4. The summed E-state index contributed by atoms with van der Waals surface area (Å²) in [7, 11) is 0. The summed E-state index contributed by atoms with van der Waals surface area (Å²) in [6, 6.07) is 28.5. The summed E-state index contributed by atoms with van der Waals surface area (Å²) in [4.78, 5) is 29.1. The Hall–Kier alpha value is -4.25. The number of para-hydroxylation sites is 1. The first-order valence-corrected chi connectivity index (χ1v) is 10.3. The third-order valence-corrected chi connectivity index (χ3v) is 4.98. The van der Waals surface area contributed by atoms with Crippen molar-refractivity contribution in [2.75, 3.05) is 6.61 Å². The lowest BCUT2D eigenvalue weighted by Crippen LogP contribution is -2.32. The third-order valence-electron chi connectivity index (χ3n) is 4.98. The molecule has 158 valence electrons. The number of aromatic nitrogens is 1. The normalized spacial score (nSPS) is 11.0. The van der Waals surface area contributed by atoms with Crippen molar-refractivity contribution in [3.05, 3.63) is 120 Å². The van der Waals surface area contributed by atoms with Gasteiger partial charge >= 0.3 is 5.97 Å². The number of hydrogen-bond donors (Lipinski definition) is 1. The Morgan fingerprint density at radius 3 is 2.19 bits per heavy atom. The van der Waals surface area contributed by atoms with Crippen LogP contribution in [-0.4, -0.2) is 23.5 Å². The molecule has 32 heavy (non-hydrogen) atoms. The van der Waals surface area contributed by atoms with E-state index in [1.54, 1.807) is 12.3 Å². The van der Waals surface area contributed by atoms with Crippen molar-refractivity contribution in [2.24, 2.45) is 0 Å². The highest BCUT2D eigenvalue weighted by molar-refractivity contribution is 5.93. The summed E-state index contributed by atoms with van der Waals surface area (Å²) in [5.41, 5.74) is 3.49. The quantitative estimate of drug-likeness (QED) is 0.346. The number of amides is 1. The number of nitrogens with zero attached hydrogens (tertiary/aromatic N) is 1. The van der Waals surface area contributed by atoms with Crippen LogP contribution in [-0.2, 0) is 14.3 Å². The number of carbonyl (C=O) groups excluding carboxylic acids is 2. The number of nitrogens with one attached hydrogen (secondary N) is 1. The molecule has 4 aromatic rings. The maximum atomic E-state index is 12.5. The van der Waals surface area contributed by atoms with Crippen molar-refractivity contribution >= 4 is 28.9 Å². The fourth-order valence-electron chi connectivity index (χ4n) is 3.46. The van der Waals surface area contributed by atoms with E-state index in [-0.39, 0.29) is 18.6 Å². The summed E-state index contributed by atoms with van der Waals surface area (Å²) in [6.07, 6.45) is 4.66. The summed E-state index contributed by atoms with van der Waals surface area (Å²) < 4.78 is 5.15. The molecule has 5 heteroatoms. The molecule has 0 fully saturated rings. The lowest BCUT2D eigenvalue weighted by molar-refractivity contribution is -0.143. The number of esters is 1. The monoisotopic (exact) mass is 422 g/mol. The topological polar surface area (TPSA) is 68.3 Å². The second-order valence-electron chi connectivity index (χ2n) is 7.19. The number of carbonyl (C=O) groups is 2. The highest BCUT2D eigenvalue weighted by Gasteiger charge is 2.17. The van der Waals surface area contributed by atoms with E-state index in [0.717, 1.165) is 27.6 Å². The minimum absolute atomic E-state index is 0.332. The highest BCUT2D eigenvalue weighted by Crippen LogP contribution is 2.21. The van der Waals surface area contributed by atoms with Gasteiger partial charge in [-0.05, 0) is 23.3 Å². The molecule has 4 rings (SSSR count). The molecule has 0 bridgehead atoms. The first kappa shape index (κ1) is 21.0. The van der Waals surface area contributed by atoms with Crippen LogP contribution in [0, 0.1) is 0 Å². The molecule has 0 saturated carbocycles. The molecule has 0 spiro atoms. The van der Waals surface area contributed by atoms with Crippen molar-refractivity contribution < 1.29 is 14.3 Å². The summed E-state index contributed by atoms with van der Waals surface area (Å²) in [5, 5.41) is 3.93. The van der Waals surface area contributed by atoms with Gasteiger partial charge in [-0.15, -0.1) is 0 Å². The molecule has 0 atom stereocenters. The Kier molecular flexibility index (Phi) is 6.68. The van der Waals surface area contributed by atoms with E-state index in [1.807, 2.05) is 91.0 Å². The van der Waals surface area contributed by atoms with E-state index in [4.69, 9.17) is 4.74 Å². The Labute approximate surface area is 186 Å². The Bertz CT molecular complexity index is 1190. The van der Waals surface area contributed by atoms with Crippen LogP contribution in [0.5, 0.6) is 0 Å². The van der Waals surface area contributed by atoms with Gasteiger partial charge in [0.25, 0.3) is 5.91 Å². The van der Waals surface area contributed by atoms with Gasteiger partial charge in [0, 0.05) is 23.2 Å². The van der Waals surface area contributed by atoms with Crippen molar-refractivity contribution in [3.63, 3.8) is 0 Å². The Morgan fingerprint density at radius 2 is 1.50 bits per heavy atom. The van der Waals surface area contributed by atoms with E-state index in [0.29, 0.717) is 0 Å². The molecule has 1 aromatic heterocycles. The predicted molar refractivity (Wildman–Crippen MR) is 125 cm³/mol. The van der Waals surface area contributed by atoms with Gasteiger partial charge in [-0.2, -0.15) is 0 Å². The maximum absolute atomic E-state index is 12.5. The smallest absolute Gasteiger partial charge is 0.331 e. The largest absolute Gasteiger partial charge is 0.452 e. The van der Waals surface area contributed by atoms with Crippen LogP contribution in [0.1, 0.15) is 22.7 Å². The summed E-state index contributed by atoms with van der Waals surface area (Å²) >= 11 is 0. The zero-order valence-corrected chi connectivity index (χ0v) is 17.3. The van der Waals surface area contributed by atoms with Crippen LogP contribution in [0.15, 0.2) is 103 Å². The van der Waals surface area contributed by atoms with Gasteiger partial charge in [0.2, 0.25) is 0 Å². The number of rotatable bonds is 7. The maximum Gasteiger partial charge on any atom is 0.331 e. The number of fused-ring (bicyclic) bond motifs is 1. The van der Waals surface area contributed by atoms with Gasteiger partial charge in [0.15, 0.2) is 6.61 Å². The lowest BCUT2D eigenvalue weighted by atomic mass is 9.99. The van der Waals surface area contributed by atoms with Gasteiger partial charge in [-0.25, -0.2) is 4.79 Å². The molecule has 0 saturated heterocycles. The van der Waals surface area contributed by atoms with E-state index in [2.05, 4.69) is 10.3 Å². The molecule has 0 aliphatic carbocycles. The molecule has 0 aliphatic heterocycles. The highest BCUT2D eigenvalue weighted by atomic mass is 16.5. The molecule has 3 aromatic carbocycles. The first-order chi connectivity index (χ1) is 15.7. The van der Waals surface area contributed by atoms with Gasteiger partial charge in [-0.3, -0.25) is 9.78 Å². The van der Waals surface area contributed by atoms with E-state index in [9.17, 15) is 9.59 Å². The fraction of sp³-hybridized carbons (Fsp3) is 0.0741.